The zero-order valence-electron chi connectivity index (χ0n) is 8.76. The first-order valence-electron chi connectivity index (χ1n) is 4.70. The Kier molecular flexibility index (Phi) is 4.67. The highest BCUT2D eigenvalue weighted by atomic mass is 35.5. The molecule has 0 fully saturated rings. The molecule has 1 amide bonds. The first kappa shape index (κ1) is 12.9. The standard InChI is InChI=1S/C10H13ClFN3O/c1-14-15-10(16)5-9(13)7-4-6(11)2-3-8(7)12/h2-4,9,14H,5,13H2,1H3,(H,15,16). The molecule has 0 aromatic heterocycles. The number of nitrogens with two attached hydrogens (primary N) is 1. The molecule has 0 bridgehead atoms. The highest BCUT2D eigenvalue weighted by molar-refractivity contribution is 6.30. The van der Waals surface area contributed by atoms with E-state index in [0.29, 0.717) is 5.02 Å². The first-order chi connectivity index (χ1) is 7.54. The van der Waals surface area contributed by atoms with Crippen LogP contribution in [0.4, 0.5) is 4.39 Å². The van der Waals surface area contributed by atoms with E-state index in [1.807, 2.05) is 0 Å². The first-order valence-corrected chi connectivity index (χ1v) is 5.08. The molecule has 1 atom stereocenters. The van der Waals surface area contributed by atoms with Gasteiger partial charge in [0.1, 0.15) is 5.82 Å². The number of hydrogen-bond donors (Lipinski definition) is 3. The molecule has 0 aliphatic heterocycles. The maximum atomic E-state index is 13.4. The van der Waals surface area contributed by atoms with Crippen LogP contribution in [0.15, 0.2) is 18.2 Å². The van der Waals surface area contributed by atoms with E-state index in [1.165, 1.54) is 18.2 Å². The predicted octanol–water partition coefficient (Wildman–Crippen LogP) is 1.12. The summed E-state index contributed by atoms with van der Waals surface area (Å²) in [5.41, 5.74) is 10.8. The molecule has 16 heavy (non-hydrogen) atoms. The number of hydrazine groups is 1. The molecule has 1 aromatic rings. The normalized spacial score (nSPS) is 12.2. The van der Waals surface area contributed by atoms with Crippen molar-refractivity contribution in [2.75, 3.05) is 7.05 Å². The summed E-state index contributed by atoms with van der Waals surface area (Å²) < 4.78 is 13.4. The van der Waals surface area contributed by atoms with Crippen molar-refractivity contribution >= 4 is 17.5 Å². The van der Waals surface area contributed by atoms with Gasteiger partial charge in [0.25, 0.3) is 0 Å². The highest BCUT2D eigenvalue weighted by Gasteiger charge is 2.15. The highest BCUT2D eigenvalue weighted by Crippen LogP contribution is 2.21. The van der Waals surface area contributed by atoms with E-state index in [0.717, 1.165) is 0 Å². The molecule has 1 rings (SSSR count). The molecule has 0 heterocycles. The maximum Gasteiger partial charge on any atom is 0.235 e. The van der Waals surface area contributed by atoms with Gasteiger partial charge >= 0.3 is 0 Å². The Hall–Kier alpha value is -1.17. The number of benzene rings is 1. The van der Waals surface area contributed by atoms with Crippen molar-refractivity contribution in [3.63, 3.8) is 0 Å². The number of rotatable bonds is 4. The summed E-state index contributed by atoms with van der Waals surface area (Å²) >= 11 is 5.72. The third kappa shape index (κ3) is 3.44. The molecule has 4 N–H and O–H groups in total. The van der Waals surface area contributed by atoms with Gasteiger partial charge in [-0.1, -0.05) is 11.6 Å². The average molecular weight is 246 g/mol. The minimum Gasteiger partial charge on any atom is -0.323 e. The second kappa shape index (κ2) is 5.79. The van der Waals surface area contributed by atoms with E-state index in [9.17, 15) is 9.18 Å². The summed E-state index contributed by atoms with van der Waals surface area (Å²) in [5.74, 6) is -0.775. The SMILES string of the molecule is CNNC(=O)CC(N)c1cc(Cl)ccc1F. The Morgan fingerprint density at radius 3 is 2.94 bits per heavy atom. The summed E-state index contributed by atoms with van der Waals surface area (Å²) in [4.78, 5) is 11.2. The van der Waals surface area contributed by atoms with Gasteiger partial charge in [0.15, 0.2) is 0 Å². The fraction of sp³-hybridized carbons (Fsp3) is 0.300. The van der Waals surface area contributed by atoms with Crippen LogP contribution in [0.25, 0.3) is 0 Å². The number of hydrogen-bond acceptors (Lipinski definition) is 3. The molecule has 0 saturated heterocycles. The van der Waals surface area contributed by atoms with Crippen molar-refractivity contribution in [1.29, 1.82) is 0 Å². The van der Waals surface area contributed by atoms with Gasteiger partial charge in [0, 0.05) is 30.1 Å². The molecule has 0 spiro atoms. The Labute approximate surface area is 97.9 Å². The van der Waals surface area contributed by atoms with Crippen molar-refractivity contribution in [3.05, 3.63) is 34.6 Å². The van der Waals surface area contributed by atoms with Gasteiger partial charge in [-0.05, 0) is 18.2 Å². The lowest BCUT2D eigenvalue weighted by atomic mass is 10.0. The number of halogens is 2. The van der Waals surface area contributed by atoms with E-state index >= 15 is 0 Å². The molecule has 4 nitrogen and oxygen atoms in total. The van der Waals surface area contributed by atoms with Crippen LogP contribution in [-0.4, -0.2) is 13.0 Å². The van der Waals surface area contributed by atoms with E-state index in [1.54, 1.807) is 7.05 Å². The largest absolute Gasteiger partial charge is 0.323 e. The average Bonchev–Trinajstić information content (AvgIpc) is 2.21. The van der Waals surface area contributed by atoms with Gasteiger partial charge in [-0.15, -0.1) is 0 Å². The van der Waals surface area contributed by atoms with Crippen LogP contribution in [0.1, 0.15) is 18.0 Å². The fourth-order valence-electron chi connectivity index (χ4n) is 1.30. The summed E-state index contributed by atoms with van der Waals surface area (Å²) in [7, 11) is 1.56. The van der Waals surface area contributed by atoms with Crippen LogP contribution in [0.3, 0.4) is 0 Å². The minimum absolute atomic E-state index is 0.0158. The molecule has 0 saturated carbocycles. The van der Waals surface area contributed by atoms with Crippen LogP contribution in [0.2, 0.25) is 5.02 Å². The Balaban J connectivity index is 2.76. The lowest BCUT2D eigenvalue weighted by Crippen LogP contribution is -2.36. The number of carbonyl (C=O) groups is 1. The second-order valence-electron chi connectivity index (χ2n) is 3.27. The minimum atomic E-state index is -0.716. The van der Waals surface area contributed by atoms with Crippen molar-refractivity contribution in [2.24, 2.45) is 5.73 Å². The Morgan fingerprint density at radius 2 is 2.31 bits per heavy atom. The zero-order valence-corrected chi connectivity index (χ0v) is 9.51. The van der Waals surface area contributed by atoms with Gasteiger partial charge in [0.05, 0.1) is 0 Å². The van der Waals surface area contributed by atoms with Crippen molar-refractivity contribution in [3.8, 4) is 0 Å². The molecule has 1 aromatic carbocycles. The molecule has 1 unspecified atom stereocenters. The molecule has 0 radical (unpaired) electrons. The maximum absolute atomic E-state index is 13.4. The molecule has 0 aliphatic carbocycles. The number of carbonyl (C=O) groups excluding carboxylic acids is 1. The van der Waals surface area contributed by atoms with E-state index in [4.69, 9.17) is 17.3 Å². The smallest absolute Gasteiger partial charge is 0.235 e. The third-order valence-electron chi connectivity index (χ3n) is 2.03. The predicted molar refractivity (Wildman–Crippen MR) is 60.2 cm³/mol. The lowest BCUT2D eigenvalue weighted by molar-refractivity contribution is -0.122. The van der Waals surface area contributed by atoms with Crippen molar-refractivity contribution in [2.45, 2.75) is 12.5 Å². The van der Waals surface area contributed by atoms with Crippen LogP contribution < -0.4 is 16.6 Å². The second-order valence-corrected chi connectivity index (χ2v) is 3.71. The Bertz CT molecular complexity index is 386. The summed E-state index contributed by atoms with van der Waals surface area (Å²) in [6, 6.07) is 3.37. The molecular formula is C10H13ClFN3O. The van der Waals surface area contributed by atoms with Crippen LogP contribution in [0, 0.1) is 5.82 Å². The van der Waals surface area contributed by atoms with Crippen LogP contribution in [-0.2, 0) is 4.79 Å². The van der Waals surface area contributed by atoms with E-state index in [2.05, 4.69) is 10.9 Å². The number of nitrogens with one attached hydrogen (secondary N) is 2. The molecular weight excluding hydrogens is 233 g/mol. The van der Waals surface area contributed by atoms with E-state index in [-0.39, 0.29) is 17.9 Å². The van der Waals surface area contributed by atoms with Gasteiger partial charge in [-0.3, -0.25) is 10.2 Å². The number of amides is 1. The van der Waals surface area contributed by atoms with Gasteiger partial charge in [0.2, 0.25) is 5.91 Å². The summed E-state index contributed by atoms with van der Waals surface area (Å²) in [5, 5.41) is 0.390. The Morgan fingerprint density at radius 1 is 1.62 bits per heavy atom. The summed E-state index contributed by atoms with van der Waals surface area (Å²) in [6.07, 6.45) is -0.0158. The zero-order chi connectivity index (χ0) is 12.1. The third-order valence-corrected chi connectivity index (χ3v) is 2.26. The van der Waals surface area contributed by atoms with Crippen molar-refractivity contribution < 1.29 is 9.18 Å². The van der Waals surface area contributed by atoms with Crippen molar-refractivity contribution in [1.82, 2.24) is 10.9 Å². The fourth-order valence-corrected chi connectivity index (χ4v) is 1.48. The molecule has 88 valence electrons. The van der Waals surface area contributed by atoms with E-state index < -0.39 is 11.9 Å². The lowest BCUT2D eigenvalue weighted by Gasteiger charge is -2.12. The topological polar surface area (TPSA) is 67.1 Å². The quantitative estimate of drug-likeness (QED) is 0.697. The van der Waals surface area contributed by atoms with Crippen LogP contribution in [0.5, 0.6) is 0 Å². The monoisotopic (exact) mass is 245 g/mol. The molecule has 0 aliphatic rings. The summed E-state index contributed by atoms with van der Waals surface area (Å²) in [6.45, 7) is 0. The van der Waals surface area contributed by atoms with Gasteiger partial charge in [-0.2, -0.15) is 0 Å². The molecule has 6 heteroatoms. The van der Waals surface area contributed by atoms with Crippen LogP contribution >= 0.6 is 11.6 Å². The van der Waals surface area contributed by atoms with Gasteiger partial charge in [-0.25, -0.2) is 9.82 Å². The van der Waals surface area contributed by atoms with Gasteiger partial charge < -0.3 is 5.73 Å².